The number of anilines is 3. The lowest BCUT2D eigenvalue weighted by molar-refractivity contribution is -0.134. The number of nitrogens with zero attached hydrogens (tertiary/aromatic N) is 8. The molecule has 11 rings (SSSR count). The Labute approximate surface area is 427 Å². The minimum Gasteiger partial charge on any atom is -0.490 e. The van der Waals surface area contributed by atoms with Crippen LogP contribution in [0.3, 0.4) is 0 Å². The van der Waals surface area contributed by atoms with Gasteiger partial charge in [0.15, 0.2) is 16.6 Å². The summed E-state index contributed by atoms with van der Waals surface area (Å²) in [5.74, 6) is 0.543. The van der Waals surface area contributed by atoms with Crippen LogP contribution in [0.2, 0.25) is 0 Å². The molecule has 16 nitrogen and oxygen atoms in total. The highest BCUT2D eigenvalue weighted by Crippen LogP contribution is 2.39. The number of fused-ring (bicyclic) bond motifs is 3. The van der Waals surface area contributed by atoms with Gasteiger partial charge in [-0.25, -0.2) is 19.7 Å². The maximum atomic E-state index is 13.7. The Morgan fingerprint density at radius 1 is 0.877 bits per heavy atom. The fraction of sp³-hybridized carbons (Fsp3) is 0.393. The molecule has 7 heterocycles. The van der Waals surface area contributed by atoms with Gasteiger partial charge < -0.3 is 19.6 Å². The molecule has 2 atom stereocenters. The monoisotopic (exact) mass is 1000 g/mol. The number of aryl methyl sites for hydroxylation is 1. The van der Waals surface area contributed by atoms with Gasteiger partial charge in [0.25, 0.3) is 5.91 Å². The lowest BCUT2D eigenvalue weighted by Gasteiger charge is -2.39. The highest BCUT2D eigenvalue weighted by molar-refractivity contribution is 7.22. The number of carbonyl (C=O) groups is 4. The Bertz CT molecular complexity index is 3230. The average Bonchev–Trinajstić information content (AvgIpc) is 3.98. The fourth-order valence-electron chi connectivity index (χ4n) is 11.5. The second-order valence-electron chi connectivity index (χ2n) is 20.1. The number of nitrogens with one attached hydrogen (secondary N) is 2. The summed E-state index contributed by atoms with van der Waals surface area (Å²) in [5.41, 5.74) is 7.18. The van der Waals surface area contributed by atoms with Crippen LogP contribution < -0.4 is 25.2 Å². The minimum atomic E-state index is -1.11. The zero-order chi connectivity index (χ0) is 50.3. The molecule has 1 unspecified atom stereocenters. The molecule has 0 spiro atoms. The molecule has 3 aromatic carbocycles. The highest BCUT2D eigenvalue weighted by Gasteiger charge is 2.34. The van der Waals surface area contributed by atoms with Crippen molar-refractivity contribution < 1.29 is 29.0 Å². The van der Waals surface area contributed by atoms with Crippen LogP contribution in [-0.2, 0) is 29.6 Å². The van der Waals surface area contributed by atoms with E-state index in [0.717, 1.165) is 113 Å². The van der Waals surface area contributed by atoms with Crippen LogP contribution in [0.5, 0.6) is 5.75 Å². The fourth-order valence-corrected chi connectivity index (χ4v) is 12.4. The maximum Gasteiger partial charge on any atom is 0.355 e. The number of piperazine rings is 1. The summed E-state index contributed by atoms with van der Waals surface area (Å²) in [4.78, 5) is 72.3. The first-order valence-electron chi connectivity index (χ1n) is 25.6. The predicted molar refractivity (Wildman–Crippen MR) is 283 cm³/mol. The number of para-hydroxylation sites is 1. The number of carbonyl (C=O) groups excluding carboxylic acids is 3. The third-order valence-corrected chi connectivity index (χ3v) is 16.6. The molecule has 3 amide bonds. The van der Waals surface area contributed by atoms with Gasteiger partial charge >= 0.3 is 5.97 Å². The SMILES string of the molecule is Cc1c(OC2CCC(CC[C@H](C)N3CCN(c4nccc5c(C6CCC(=O)NC6=O)nn(C)c45)CC3)CC2)cccc1-c1ccc(N2CCc3cccc(C(=O)Nc4nc5ccccc5s4)c3C2)nc1C(=O)O. The van der Waals surface area contributed by atoms with E-state index in [1.54, 1.807) is 6.20 Å². The molecule has 4 aromatic heterocycles. The molecule has 1 saturated carbocycles. The van der Waals surface area contributed by atoms with Crippen LogP contribution in [0, 0.1) is 12.8 Å². The first-order chi connectivity index (χ1) is 35.4. The van der Waals surface area contributed by atoms with Gasteiger partial charge in [-0.1, -0.05) is 47.7 Å². The first-order valence-corrected chi connectivity index (χ1v) is 26.4. The molecule has 3 N–H and O–H groups in total. The molecule has 17 heteroatoms. The summed E-state index contributed by atoms with van der Waals surface area (Å²) >= 11 is 1.44. The van der Waals surface area contributed by atoms with Crippen molar-refractivity contribution in [2.24, 2.45) is 13.0 Å². The van der Waals surface area contributed by atoms with Gasteiger partial charge in [-0.05, 0) is 136 Å². The van der Waals surface area contributed by atoms with E-state index in [-0.39, 0.29) is 29.5 Å². The van der Waals surface area contributed by atoms with E-state index in [9.17, 15) is 24.3 Å². The van der Waals surface area contributed by atoms with Crippen molar-refractivity contribution in [2.75, 3.05) is 47.8 Å². The number of aromatic carboxylic acids is 1. The summed E-state index contributed by atoms with van der Waals surface area (Å²) in [5, 5.41) is 22.3. The Hall–Kier alpha value is -7.24. The van der Waals surface area contributed by atoms with E-state index in [2.05, 4.69) is 32.3 Å². The smallest absolute Gasteiger partial charge is 0.355 e. The normalized spacial score (nSPS) is 20.0. The van der Waals surface area contributed by atoms with Crippen molar-refractivity contribution in [1.29, 1.82) is 0 Å². The Balaban J connectivity index is 0.680. The van der Waals surface area contributed by atoms with Gasteiger partial charge in [-0.2, -0.15) is 5.10 Å². The summed E-state index contributed by atoms with van der Waals surface area (Å²) in [6.07, 6.45) is 9.82. The largest absolute Gasteiger partial charge is 0.490 e. The van der Waals surface area contributed by atoms with Gasteiger partial charge in [0, 0.05) is 81.5 Å². The molecule has 4 aliphatic rings. The number of carboxylic acids is 1. The van der Waals surface area contributed by atoms with Crippen molar-refractivity contribution in [1.82, 2.24) is 34.9 Å². The van der Waals surface area contributed by atoms with Gasteiger partial charge in [-0.15, -0.1) is 0 Å². The first kappa shape index (κ1) is 48.1. The molecular formula is C56H60N10O6S. The second-order valence-corrected chi connectivity index (χ2v) is 21.1. The standard InChI is InChI=1S/C56H60N10O6S/c1-33(64-28-30-65(31-29-64)52-51-41(24-26-57-52)49(62-63(51)3)42-21-23-48(67)60-54(42)69)14-15-35-16-18-37(19-17-35)72-45-12-7-9-38(34(45)2)39-20-22-47(59-50(39)55(70)71)66-27-25-36-8-6-10-40(43(36)32-66)53(68)61-56-58-44-11-4-5-13-46(44)73-56/h4-13,20,22,24,26,33,35,37,42H,14-19,21,23,25,27-32H2,1-3H3,(H,70,71)(H,58,61,68)(H,60,67,69)/t33-,35?,37?,42?/m0/s1. The molecule has 0 bridgehead atoms. The number of piperidine rings is 1. The van der Waals surface area contributed by atoms with Crippen molar-refractivity contribution in [3.8, 4) is 16.9 Å². The van der Waals surface area contributed by atoms with Crippen molar-refractivity contribution in [2.45, 2.75) is 96.2 Å². The van der Waals surface area contributed by atoms with Gasteiger partial charge in [-0.3, -0.25) is 34.6 Å². The van der Waals surface area contributed by atoms with Gasteiger partial charge in [0.2, 0.25) is 11.8 Å². The van der Waals surface area contributed by atoms with E-state index in [1.807, 2.05) is 102 Å². The van der Waals surface area contributed by atoms with Crippen molar-refractivity contribution in [3.05, 3.63) is 119 Å². The van der Waals surface area contributed by atoms with E-state index < -0.39 is 11.9 Å². The predicted octanol–water partition coefficient (Wildman–Crippen LogP) is 8.91. The quantitative estimate of drug-likeness (QED) is 0.0931. The van der Waals surface area contributed by atoms with Gasteiger partial charge in [0.05, 0.1) is 27.9 Å². The third-order valence-electron chi connectivity index (χ3n) is 15.7. The number of carboxylic acid groups (broad SMARTS) is 1. The van der Waals surface area contributed by atoms with E-state index in [0.29, 0.717) is 72.1 Å². The van der Waals surface area contributed by atoms with E-state index >= 15 is 0 Å². The summed E-state index contributed by atoms with van der Waals surface area (Å²) in [6.45, 7) is 8.96. The van der Waals surface area contributed by atoms with E-state index in [1.165, 1.54) is 17.8 Å². The zero-order valence-electron chi connectivity index (χ0n) is 41.5. The topological polar surface area (TPSA) is 188 Å². The number of hydrogen-bond donors (Lipinski definition) is 3. The van der Waals surface area contributed by atoms with Gasteiger partial charge in [0.1, 0.15) is 17.1 Å². The molecule has 3 fully saturated rings. The minimum absolute atomic E-state index is 0.0246. The number of imide groups is 1. The number of aromatic nitrogens is 5. The summed E-state index contributed by atoms with van der Waals surface area (Å²) in [7, 11) is 1.90. The highest BCUT2D eigenvalue weighted by atomic mass is 32.1. The Morgan fingerprint density at radius 2 is 1.68 bits per heavy atom. The average molecular weight is 1000 g/mol. The van der Waals surface area contributed by atoms with Crippen LogP contribution in [0.25, 0.3) is 32.2 Å². The maximum absolute atomic E-state index is 13.7. The molecule has 2 saturated heterocycles. The number of pyridine rings is 2. The number of ether oxygens (including phenoxy) is 1. The van der Waals surface area contributed by atoms with Crippen LogP contribution in [-0.4, -0.2) is 103 Å². The van der Waals surface area contributed by atoms with Crippen LogP contribution in [0.15, 0.2) is 85.1 Å². The molecule has 3 aliphatic heterocycles. The molecule has 0 radical (unpaired) electrons. The van der Waals surface area contributed by atoms with Crippen molar-refractivity contribution in [3.63, 3.8) is 0 Å². The third kappa shape index (κ3) is 9.75. The van der Waals surface area contributed by atoms with Crippen LogP contribution in [0.1, 0.15) is 107 Å². The summed E-state index contributed by atoms with van der Waals surface area (Å²) in [6, 6.07) is 25.6. The molecule has 1 aliphatic carbocycles. The van der Waals surface area contributed by atoms with Crippen LogP contribution in [0.4, 0.5) is 16.8 Å². The summed E-state index contributed by atoms with van der Waals surface area (Å²) < 4.78 is 9.54. The second kappa shape index (κ2) is 20.3. The van der Waals surface area contributed by atoms with Crippen molar-refractivity contribution >= 4 is 72.9 Å². The number of thiazole rings is 1. The zero-order valence-corrected chi connectivity index (χ0v) is 42.3. The number of benzene rings is 3. The Kier molecular flexibility index (Phi) is 13.4. The number of amides is 3. The van der Waals surface area contributed by atoms with E-state index in [4.69, 9.17) is 19.8 Å². The Morgan fingerprint density at radius 3 is 2.48 bits per heavy atom. The lowest BCUT2D eigenvalue weighted by Crippen LogP contribution is -2.50. The molecule has 376 valence electrons. The number of hydrogen-bond acceptors (Lipinski definition) is 13. The molecule has 7 aromatic rings. The molecule has 73 heavy (non-hydrogen) atoms. The lowest BCUT2D eigenvalue weighted by atomic mass is 9.83. The molecular weight excluding hydrogens is 941 g/mol. The number of rotatable bonds is 13. The van der Waals surface area contributed by atoms with Crippen LogP contribution >= 0.6 is 11.3 Å².